The molecule has 0 amide bonds. The van der Waals surface area contributed by atoms with E-state index in [0.29, 0.717) is 38.5 Å². The second-order valence-corrected chi connectivity index (χ2v) is 10.7. The normalized spacial score (nSPS) is 15.4. The van der Waals surface area contributed by atoms with Gasteiger partial charge in [-0.25, -0.2) is 4.98 Å². The Morgan fingerprint density at radius 3 is 2.74 bits per heavy atom. The van der Waals surface area contributed by atoms with Gasteiger partial charge in [0, 0.05) is 5.92 Å². The highest BCUT2D eigenvalue weighted by atomic mass is 79.9. The average Bonchev–Trinajstić information content (AvgIpc) is 3.40. The largest absolute Gasteiger partial charge is 0.486 e. The second kappa shape index (κ2) is 10.8. The maximum atomic E-state index is 13.4. The van der Waals surface area contributed by atoms with Crippen molar-refractivity contribution in [3.8, 4) is 17.2 Å². The molecule has 1 fully saturated rings. The van der Waals surface area contributed by atoms with Crippen LogP contribution in [0.25, 0.3) is 10.9 Å². The molecule has 0 saturated heterocycles. The van der Waals surface area contributed by atoms with E-state index in [2.05, 4.69) is 21.0 Å². The van der Waals surface area contributed by atoms with E-state index in [1.54, 1.807) is 18.3 Å². The van der Waals surface area contributed by atoms with Gasteiger partial charge < -0.3 is 14.2 Å². The molecule has 1 saturated carbocycles. The van der Waals surface area contributed by atoms with Crippen molar-refractivity contribution in [2.45, 2.75) is 44.6 Å². The Bertz CT molecular complexity index is 1570. The molecule has 2 aliphatic rings. The van der Waals surface area contributed by atoms with Gasteiger partial charge in [-0.1, -0.05) is 49.1 Å². The van der Waals surface area contributed by atoms with Crippen LogP contribution in [0.4, 0.5) is 0 Å². The highest BCUT2D eigenvalue weighted by Crippen LogP contribution is 2.37. The van der Waals surface area contributed by atoms with Crippen LogP contribution in [-0.2, 0) is 6.61 Å². The van der Waals surface area contributed by atoms with Gasteiger partial charge in [0.25, 0.3) is 5.56 Å². The lowest BCUT2D eigenvalue weighted by molar-refractivity contribution is 0.174. The SMILES string of the molecule is O=c1c2ccccc2nc(C2CCCCC2)n1N=Cc1cc(Cl)c(OCc2ccc3c(c2)OCO3)c(Br)c1. The minimum atomic E-state index is -0.165. The van der Waals surface area contributed by atoms with Gasteiger partial charge in [0.15, 0.2) is 17.2 Å². The van der Waals surface area contributed by atoms with E-state index in [9.17, 15) is 4.79 Å². The van der Waals surface area contributed by atoms with Gasteiger partial charge in [-0.3, -0.25) is 4.79 Å². The molecule has 7 nitrogen and oxygen atoms in total. The van der Waals surface area contributed by atoms with Crippen molar-refractivity contribution in [3.05, 3.63) is 91.4 Å². The maximum absolute atomic E-state index is 13.4. The predicted octanol–water partition coefficient (Wildman–Crippen LogP) is 7.05. The first-order valence-corrected chi connectivity index (χ1v) is 13.8. The minimum absolute atomic E-state index is 0.165. The molecule has 0 radical (unpaired) electrons. The van der Waals surface area contributed by atoms with Crippen molar-refractivity contribution in [2.24, 2.45) is 5.10 Å². The molecule has 1 aliphatic carbocycles. The molecule has 4 aromatic rings. The van der Waals surface area contributed by atoms with Crippen LogP contribution < -0.4 is 19.8 Å². The standard InChI is InChI=1S/C29H25BrClN3O4/c30-22-12-19(13-23(31)27(22)36-16-18-10-11-25-26(14-18)38-17-37-25)15-32-34-28(20-6-2-1-3-7-20)33-24-9-5-4-8-21(24)29(34)35/h4-5,8-15,20H,1-3,6-7,16-17H2. The third-order valence-corrected chi connectivity index (χ3v) is 7.78. The summed E-state index contributed by atoms with van der Waals surface area (Å²) in [6.07, 6.45) is 7.14. The second-order valence-electron chi connectivity index (χ2n) is 9.47. The lowest BCUT2D eigenvalue weighted by Gasteiger charge is -2.22. The van der Waals surface area contributed by atoms with Crippen molar-refractivity contribution < 1.29 is 14.2 Å². The van der Waals surface area contributed by atoms with E-state index in [-0.39, 0.29) is 18.3 Å². The van der Waals surface area contributed by atoms with Gasteiger partial charge in [0.1, 0.15) is 12.4 Å². The molecule has 0 unspecified atom stereocenters. The van der Waals surface area contributed by atoms with E-state index >= 15 is 0 Å². The molecule has 9 heteroatoms. The molecule has 2 heterocycles. The maximum Gasteiger partial charge on any atom is 0.282 e. The lowest BCUT2D eigenvalue weighted by Crippen LogP contribution is -2.25. The Hall–Kier alpha value is -3.36. The van der Waals surface area contributed by atoms with Crippen molar-refractivity contribution in [1.29, 1.82) is 0 Å². The number of hydrogen-bond donors (Lipinski definition) is 0. The van der Waals surface area contributed by atoms with Gasteiger partial charge in [-0.15, -0.1) is 0 Å². The molecule has 1 aliphatic heterocycles. The van der Waals surface area contributed by atoms with Gasteiger partial charge in [-0.05, 0) is 76.3 Å². The molecule has 194 valence electrons. The summed E-state index contributed by atoms with van der Waals surface area (Å²) in [6, 6.07) is 16.7. The van der Waals surface area contributed by atoms with Crippen LogP contribution in [0.2, 0.25) is 5.02 Å². The summed E-state index contributed by atoms with van der Waals surface area (Å²) in [5.74, 6) is 2.88. The molecular formula is C29H25BrClN3O4. The zero-order valence-electron chi connectivity index (χ0n) is 20.5. The highest BCUT2D eigenvalue weighted by Gasteiger charge is 2.22. The first kappa shape index (κ1) is 24.9. The van der Waals surface area contributed by atoms with Crippen molar-refractivity contribution in [2.75, 3.05) is 6.79 Å². The summed E-state index contributed by atoms with van der Waals surface area (Å²) >= 11 is 10.2. The number of hydrogen-bond acceptors (Lipinski definition) is 6. The fraction of sp³-hybridized carbons (Fsp3) is 0.276. The van der Waals surface area contributed by atoms with Crippen LogP contribution in [0.5, 0.6) is 17.2 Å². The number of fused-ring (bicyclic) bond motifs is 2. The van der Waals surface area contributed by atoms with E-state index in [0.717, 1.165) is 48.4 Å². The fourth-order valence-electron chi connectivity index (χ4n) is 4.98. The van der Waals surface area contributed by atoms with Gasteiger partial charge in [0.05, 0.1) is 26.6 Å². The smallest absolute Gasteiger partial charge is 0.282 e. The number of benzene rings is 3. The number of para-hydroxylation sites is 1. The molecule has 1 aromatic heterocycles. The molecule has 3 aromatic carbocycles. The summed E-state index contributed by atoms with van der Waals surface area (Å²) < 4.78 is 19.0. The van der Waals surface area contributed by atoms with Gasteiger partial charge >= 0.3 is 0 Å². The number of nitrogens with zero attached hydrogens (tertiary/aromatic N) is 3. The molecule has 6 rings (SSSR count). The predicted molar refractivity (Wildman–Crippen MR) is 151 cm³/mol. The zero-order chi connectivity index (χ0) is 26.1. The Labute approximate surface area is 233 Å². The van der Waals surface area contributed by atoms with E-state index < -0.39 is 0 Å². The van der Waals surface area contributed by atoms with Crippen LogP contribution in [0, 0.1) is 0 Å². The minimum Gasteiger partial charge on any atom is -0.486 e. The van der Waals surface area contributed by atoms with Crippen LogP contribution in [0.15, 0.2) is 69.0 Å². The van der Waals surface area contributed by atoms with Crippen molar-refractivity contribution >= 4 is 44.6 Å². The topological polar surface area (TPSA) is 74.9 Å². The number of halogens is 2. The van der Waals surface area contributed by atoms with Gasteiger partial charge in [-0.2, -0.15) is 9.78 Å². The quantitative estimate of drug-likeness (QED) is 0.224. The van der Waals surface area contributed by atoms with Crippen LogP contribution in [-0.4, -0.2) is 22.7 Å². The fourth-order valence-corrected chi connectivity index (χ4v) is 5.97. The average molecular weight is 595 g/mol. The molecule has 38 heavy (non-hydrogen) atoms. The summed E-state index contributed by atoms with van der Waals surface area (Å²) in [4.78, 5) is 18.3. The highest BCUT2D eigenvalue weighted by molar-refractivity contribution is 9.10. The van der Waals surface area contributed by atoms with E-state index in [1.165, 1.54) is 11.1 Å². The van der Waals surface area contributed by atoms with Crippen LogP contribution >= 0.6 is 27.5 Å². The Morgan fingerprint density at radius 2 is 1.89 bits per heavy atom. The number of aromatic nitrogens is 2. The van der Waals surface area contributed by atoms with Crippen molar-refractivity contribution in [3.63, 3.8) is 0 Å². The number of rotatable bonds is 6. The summed E-state index contributed by atoms with van der Waals surface area (Å²) in [7, 11) is 0. The summed E-state index contributed by atoms with van der Waals surface area (Å²) in [5.41, 5.74) is 2.20. The van der Waals surface area contributed by atoms with E-state index in [4.69, 9.17) is 30.8 Å². The molecule has 0 spiro atoms. The Kier molecular flexibility index (Phi) is 7.08. The van der Waals surface area contributed by atoms with E-state index in [1.807, 2.05) is 42.5 Å². The molecular weight excluding hydrogens is 570 g/mol. The third kappa shape index (κ3) is 5.02. The Morgan fingerprint density at radius 1 is 1.08 bits per heavy atom. The van der Waals surface area contributed by atoms with Crippen molar-refractivity contribution in [1.82, 2.24) is 9.66 Å². The summed E-state index contributed by atoms with van der Waals surface area (Å²) in [6.45, 7) is 0.537. The first-order valence-electron chi connectivity index (χ1n) is 12.6. The first-order chi connectivity index (χ1) is 18.6. The molecule has 0 N–H and O–H groups in total. The molecule has 0 atom stereocenters. The van der Waals surface area contributed by atoms with Gasteiger partial charge in [0.2, 0.25) is 6.79 Å². The molecule has 0 bridgehead atoms. The number of ether oxygens (including phenoxy) is 3. The Balaban J connectivity index is 1.27. The lowest BCUT2D eigenvalue weighted by atomic mass is 9.88. The van der Waals surface area contributed by atoms with Crippen LogP contribution in [0.3, 0.4) is 0 Å². The summed E-state index contributed by atoms with van der Waals surface area (Å²) in [5, 5.41) is 5.59. The zero-order valence-corrected chi connectivity index (χ0v) is 22.9. The third-order valence-electron chi connectivity index (χ3n) is 6.91. The monoisotopic (exact) mass is 593 g/mol. The van der Waals surface area contributed by atoms with Crippen LogP contribution in [0.1, 0.15) is 55.0 Å².